The summed E-state index contributed by atoms with van der Waals surface area (Å²) in [6.45, 7) is 0. The summed E-state index contributed by atoms with van der Waals surface area (Å²) in [5.74, 6) is 1.77. The number of nitrogens with zero attached hydrogens (tertiary/aromatic N) is 6. The molecule has 0 atom stereocenters. The minimum Gasteiger partial charge on any atom is -0.268 e. The Labute approximate surface area is 221 Å². The van der Waals surface area contributed by atoms with Crippen molar-refractivity contribution in [1.82, 2.24) is 29.1 Å². The summed E-state index contributed by atoms with van der Waals surface area (Å²) >= 11 is 1.44. The van der Waals surface area contributed by atoms with Gasteiger partial charge in [0, 0.05) is 10.9 Å². The molecule has 0 spiro atoms. The van der Waals surface area contributed by atoms with Crippen molar-refractivity contribution in [3.63, 3.8) is 0 Å². The van der Waals surface area contributed by atoms with Crippen LogP contribution < -0.4 is 5.56 Å². The number of fused-ring (bicyclic) bond motifs is 4. The average molecular weight is 513 g/mol. The van der Waals surface area contributed by atoms with Gasteiger partial charge in [-0.15, -0.1) is 5.10 Å². The topological polar surface area (TPSA) is 78.0 Å². The fourth-order valence-electron chi connectivity index (χ4n) is 4.62. The highest BCUT2D eigenvalue weighted by Gasteiger charge is 2.17. The maximum absolute atomic E-state index is 13.5. The van der Waals surface area contributed by atoms with Crippen molar-refractivity contribution in [2.24, 2.45) is 0 Å². The SMILES string of the molecule is O=c1c2ccccc2nc(CSc2nc3c4ccccc4nc(-c4ccccc4)n3n2)n1-c1ccccc1. The minimum absolute atomic E-state index is 0.0954. The maximum atomic E-state index is 13.5. The fourth-order valence-corrected chi connectivity index (χ4v) is 5.36. The number of hydrogen-bond donors (Lipinski definition) is 0. The number of aromatic nitrogens is 6. The highest BCUT2D eigenvalue weighted by molar-refractivity contribution is 7.98. The molecule has 0 N–H and O–H groups in total. The minimum atomic E-state index is -0.0954. The number of hydrogen-bond acceptors (Lipinski definition) is 6. The van der Waals surface area contributed by atoms with E-state index in [4.69, 9.17) is 20.1 Å². The van der Waals surface area contributed by atoms with Gasteiger partial charge in [0.25, 0.3) is 5.56 Å². The molecular formula is C30H20N6OS. The first-order chi connectivity index (χ1) is 18.8. The highest BCUT2D eigenvalue weighted by Crippen LogP contribution is 2.28. The van der Waals surface area contributed by atoms with E-state index in [0.29, 0.717) is 27.6 Å². The van der Waals surface area contributed by atoms with E-state index in [1.807, 2.05) is 109 Å². The van der Waals surface area contributed by atoms with Crippen LogP contribution in [0.3, 0.4) is 0 Å². The smallest absolute Gasteiger partial charge is 0.265 e. The molecule has 8 heteroatoms. The first kappa shape index (κ1) is 22.4. The number of thioether (sulfide) groups is 1. The molecule has 0 bridgehead atoms. The molecule has 0 aliphatic heterocycles. The molecule has 7 nitrogen and oxygen atoms in total. The normalized spacial score (nSPS) is 11.5. The number of rotatable bonds is 5. The molecule has 4 aromatic carbocycles. The fraction of sp³-hybridized carbons (Fsp3) is 0.0333. The van der Waals surface area contributed by atoms with Crippen molar-refractivity contribution in [1.29, 1.82) is 0 Å². The Morgan fingerprint density at radius 3 is 2.05 bits per heavy atom. The summed E-state index contributed by atoms with van der Waals surface area (Å²) in [7, 11) is 0. The average Bonchev–Trinajstić information content (AvgIpc) is 3.41. The molecule has 0 radical (unpaired) electrons. The standard InChI is InChI=1S/C30H20N6OS/c37-29-23-16-8-10-18-25(23)31-26(35(29)21-13-5-2-6-14-21)19-38-30-33-28-22-15-7-9-17-24(22)32-27(36(28)34-30)20-11-3-1-4-12-20/h1-18H,19H2. The van der Waals surface area contributed by atoms with Crippen molar-refractivity contribution in [2.75, 3.05) is 0 Å². The summed E-state index contributed by atoms with van der Waals surface area (Å²) in [4.78, 5) is 28.2. The van der Waals surface area contributed by atoms with Crippen LogP contribution in [0.25, 0.3) is 44.5 Å². The molecule has 3 aromatic heterocycles. The largest absolute Gasteiger partial charge is 0.268 e. The molecule has 0 saturated carbocycles. The van der Waals surface area contributed by atoms with Crippen LogP contribution in [0.4, 0.5) is 0 Å². The van der Waals surface area contributed by atoms with Gasteiger partial charge in [-0.3, -0.25) is 9.36 Å². The number of para-hydroxylation sites is 3. The quantitative estimate of drug-likeness (QED) is 0.266. The van der Waals surface area contributed by atoms with Gasteiger partial charge in [0.1, 0.15) is 5.82 Å². The van der Waals surface area contributed by atoms with Gasteiger partial charge in [-0.1, -0.05) is 84.6 Å². The Balaban J connectivity index is 1.35. The van der Waals surface area contributed by atoms with Gasteiger partial charge in [-0.2, -0.15) is 4.52 Å². The molecule has 0 saturated heterocycles. The second-order valence-electron chi connectivity index (χ2n) is 8.76. The third kappa shape index (κ3) is 3.82. The van der Waals surface area contributed by atoms with E-state index >= 15 is 0 Å². The molecule has 0 fully saturated rings. The van der Waals surface area contributed by atoms with Crippen LogP contribution in [-0.4, -0.2) is 29.1 Å². The molecule has 3 heterocycles. The second-order valence-corrected chi connectivity index (χ2v) is 9.70. The van der Waals surface area contributed by atoms with Crippen LogP contribution in [0, 0.1) is 0 Å². The first-order valence-electron chi connectivity index (χ1n) is 12.2. The zero-order valence-corrected chi connectivity index (χ0v) is 20.9. The van der Waals surface area contributed by atoms with E-state index in [1.54, 1.807) is 9.08 Å². The highest BCUT2D eigenvalue weighted by atomic mass is 32.2. The molecule has 182 valence electrons. The summed E-state index contributed by atoms with van der Waals surface area (Å²) in [6.07, 6.45) is 0. The Morgan fingerprint density at radius 2 is 1.29 bits per heavy atom. The van der Waals surface area contributed by atoms with E-state index in [2.05, 4.69) is 0 Å². The van der Waals surface area contributed by atoms with Crippen LogP contribution in [0.1, 0.15) is 5.82 Å². The van der Waals surface area contributed by atoms with Gasteiger partial charge in [-0.05, 0) is 36.4 Å². The maximum Gasteiger partial charge on any atom is 0.265 e. The van der Waals surface area contributed by atoms with E-state index < -0.39 is 0 Å². The molecule has 7 rings (SSSR count). The van der Waals surface area contributed by atoms with Crippen LogP contribution >= 0.6 is 11.8 Å². The van der Waals surface area contributed by atoms with Crippen molar-refractivity contribution in [3.05, 3.63) is 125 Å². The zero-order valence-electron chi connectivity index (χ0n) is 20.1. The third-order valence-electron chi connectivity index (χ3n) is 6.38. The molecule has 0 amide bonds. The lowest BCUT2D eigenvalue weighted by Gasteiger charge is -2.13. The predicted octanol–water partition coefficient (Wildman–Crippen LogP) is 5.94. The molecule has 0 aliphatic carbocycles. The van der Waals surface area contributed by atoms with Crippen molar-refractivity contribution in [3.8, 4) is 17.1 Å². The summed E-state index contributed by atoms with van der Waals surface area (Å²) in [6, 6.07) is 35.0. The lowest BCUT2D eigenvalue weighted by atomic mass is 10.2. The Kier molecular flexibility index (Phi) is 5.44. The predicted molar refractivity (Wildman–Crippen MR) is 151 cm³/mol. The van der Waals surface area contributed by atoms with Crippen molar-refractivity contribution < 1.29 is 0 Å². The zero-order chi connectivity index (χ0) is 25.5. The monoisotopic (exact) mass is 512 g/mol. The van der Waals surface area contributed by atoms with Crippen LogP contribution in [0.2, 0.25) is 0 Å². The van der Waals surface area contributed by atoms with E-state index in [0.717, 1.165) is 33.6 Å². The Morgan fingerprint density at radius 1 is 0.658 bits per heavy atom. The summed E-state index contributed by atoms with van der Waals surface area (Å²) in [5, 5.41) is 6.93. The lowest BCUT2D eigenvalue weighted by Crippen LogP contribution is -2.23. The van der Waals surface area contributed by atoms with Crippen molar-refractivity contribution in [2.45, 2.75) is 10.9 Å². The van der Waals surface area contributed by atoms with Gasteiger partial charge in [0.2, 0.25) is 5.16 Å². The van der Waals surface area contributed by atoms with Gasteiger partial charge in [0.05, 0.1) is 27.9 Å². The van der Waals surface area contributed by atoms with E-state index in [1.165, 1.54) is 11.8 Å². The molecule has 0 aliphatic rings. The molecule has 38 heavy (non-hydrogen) atoms. The van der Waals surface area contributed by atoms with Gasteiger partial charge < -0.3 is 0 Å². The Hall–Kier alpha value is -4.82. The molecular weight excluding hydrogens is 492 g/mol. The summed E-state index contributed by atoms with van der Waals surface area (Å²) in [5.41, 5.74) is 3.90. The van der Waals surface area contributed by atoms with Gasteiger partial charge in [0.15, 0.2) is 11.5 Å². The van der Waals surface area contributed by atoms with Crippen LogP contribution in [0.5, 0.6) is 0 Å². The molecule has 7 aromatic rings. The molecule has 0 unspecified atom stereocenters. The van der Waals surface area contributed by atoms with Gasteiger partial charge in [-0.25, -0.2) is 15.0 Å². The van der Waals surface area contributed by atoms with Crippen LogP contribution in [-0.2, 0) is 5.75 Å². The first-order valence-corrected chi connectivity index (χ1v) is 13.1. The second kappa shape index (κ2) is 9.24. The van der Waals surface area contributed by atoms with Gasteiger partial charge >= 0.3 is 0 Å². The van der Waals surface area contributed by atoms with Crippen LogP contribution in [0.15, 0.2) is 119 Å². The third-order valence-corrected chi connectivity index (χ3v) is 7.22. The number of benzene rings is 4. The van der Waals surface area contributed by atoms with E-state index in [-0.39, 0.29) is 5.56 Å². The van der Waals surface area contributed by atoms with Crippen molar-refractivity contribution >= 4 is 39.2 Å². The lowest BCUT2D eigenvalue weighted by molar-refractivity contribution is 0.866. The summed E-state index contributed by atoms with van der Waals surface area (Å²) < 4.78 is 3.48. The van der Waals surface area contributed by atoms with E-state index in [9.17, 15) is 4.79 Å². The Bertz CT molecular complexity index is 2000.